The van der Waals surface area contributed by atoms with Gasteiger partial charge in [-0.2, -0.15) is 4.98 Å². The zero-order valence-electron chi connectivity index (χ0n) is 19.5. The number of piperazine rings is 1. The van der Waals surface area contributed by atoms with E-state index >= 15 is 0 Å². The van der Waals surface area contributed by atoms with Gasteiger partial charge < -0.3 is 20.4 Å². The largest absolute Gasteiger partial charge is 0.384 e. The van der Waals surface area contributed by atoms with Crippen molar-refractivity contribution >= 4 is 50.9 Å². The minimum atomic E-state index is 0.705. The van der Waals surface area contributed by atoms with Crippen LogP contribution in [0, 0.1) is 0 Å². The Kier molecular flexibility index (Phi) is 6.92. The van der Waals surface area contributed by atoms with Gasteiger partial charge in [0, 0.05) is 66.9 Å². The highest BCUT2D eigenvalue weighted by molar-refractivity contribution is 6.31. The number of aromatic nitrogens is 3. The zero-order valence-corrected chi connectivity index (χ0v) is 20.2. The third-order valence-electron chi connectivity index (χ3n) is 6.29. The Morgan fingerprint density at radius 2 is 1.65 bits per heavy atom. The Bertz CT molecular complexity index is 1270. The standard InChI is InChI=1S/C26H30ClN7/c1-33-14-16-34(17-15-33)26-31-23-7-3-2-6-21(23)25(32-26)30-12-5-4-11-28-22-10-13-29-24-18-19(27)8-9-20(22)24/h2-3,6-10,13,18H,4-5,11-12,14-17H2,1H3,(H,28,29)(H,30,31,32). The van der Waals surface area contributed by atoms with Crippen molar-refractivity contribution in [1.82, 2.24) is 19.9 Å². The Balaban J connectivity index is 1.18. The number of fused-ring (bicyclic) bond motifs is 2. The highest BCUT2D eigenvalue weighted by atomic mass is 35.5. The van der Waals surface area contributed by atoms with Gasteiger partial charge in [0.25, 0.3) is 0 Å². The second kappa shape index (κ2) is 10.4. The van der Waals surface area contributed by atoms with E-state index in [1.54, 1.807) is 0 Å². The lowest BCUT2D eigenvalue weighted by atomic mass is 10.2. The van der Waals surface area contributed by atoms with E-state index in [4.69, 9.17) is 21.6 Å². The normalized spacial score (nSPS) is 14.6. The number of pyridine rings is 1. The average molecular weight is 476 g/mol. The molecule has 1 aliphatic rings. The van der Waals surface area contributed by atoms with Crippen LogP contribution in [0.1, 0.15) is 12.8 Å². The van der Waals surface area contributed by atoms with Crippen molar-refractivity contribution in [2.24, 2.45) is 0 Å². The molecule has 0 aliphatic carbocycles. The smallest absolute Gasteiger partial charge is 0.227 e. The topological polar surface area (TPSA) is 69.2 Å². The molecule has 0 unspecified atom stereocenters. The van der Waals surface area contributed by atoms with Crippen molar-refractivity contribution < 1.29 is 0 Å². The molecule has 0 spiro atoms. The molecule has 0 radical (unpaired) electrons. The Morgan fingerprint density at radius 3 is 2.50 bits per heavy atom. The van der Waals surface area contributed by atoms with E-state index < -0.39 is 0 Å². The molecule has 2 aromatic heterocycles. The fourth-order valence-corrected chi connectivity index (χ4v) is 4.47. The van der Waals surface area contributed by atoms with Crippen LogP contribution in [0.25, 0.3) is 21.8 Å². The van der Waals surface area contributed by atoms with E-state index in [0.29, 0.717) is 5.02 Å². The summed E-state index contributed by atoms with van der Waals surface area (Å²) in [6.07, 6.45) is 3.89. The maximum absolute atomic E-state index is 6.10. The number of nitrogens with zero attached hydrogens (tertiary/aromatic N) is 5. The van der Waals surface area contributed by atoms with E-state index in [-0.39, 0.29) is 0 Å². The van der Waals surface area contributed by atoms with Crippen LogP contribution in [-0.2, 0) is 0 Å². The number of halogens is 1. The Labute approximate surface area is 205 Å². The third kappa shape index (κ3) is 5.16. The summed E-state index contributed by atoms with van der Waals surface area (Å²) in [5.41, 5.74) is 2.99. The van der Waals surface area contributed by atoms with E-state index in [9.17, 15) is 0 Å². The fraction of sp³-hybridized carbons (Fsp3) is 0.346. The molecule has 0 saturated carbocycles. The summed E-state index contributed by atoms with van der Waals surface area (Å²) in [7, 11) is 2.16. The lowest BCUT2D eigenvalue weighted by Gasteiger charge is -2.32. The molecule has 2 aromatic carbocycles. The van der Waals surface area contributed by atoms with Crippen LogP contribution < -0.4 is 15.5 Å². The number of anilines is 3. The first kappa shape index (κ1) is 22.6. The molecular formula is C26H30ClN7. The van der Waals surface area contributed by atoms with Crippen molar-refractivity contribution in [1.29, 1.82) is 0 Å². The van der Waals surface area contributed by atoms with E-state index in [1.807, 2.05) is 42.6 Å². The highest BCUT2D eigenvalue weighted by Gasteiger charge is 2.18. The number of hydrogen-bond donors (Lipinski definition) is 2. The second-order valence-electron chi connectivity index (χ2n) is 8.76. The van der Waals surface area contributed by atoms with Crippen LogP contribution in [0.4, 0.5) is 17.5 Å². The molecule has 3 heterocycles. The van der Waals surface area contributed by atoms with Crippen molar-refractivity contribution in [2.45, 2.75) is 12.8 Å². The van der Waals surface area contributed by atoms with Crippen LogP contribution in [0.15, 0.2) is 54.7 Å². The van der Waals surface area contributed by atoms with Gasteiger partial charge in [0.2, 0.25) is 5.95 Å². The summed E-state index contributed by atoms with van der Waals surface area (Å²) in [5, 5.41) is 9.98. The molecule has 2 N–H and O–H groups in total. The van der Waals surface area contributed by atoms with Crippen molar-refractivity contribution in [3.05, 3.63) is 59.8 Å². The molecule has 4 aromatic rings. The van der Waals surface area contributed by atoms with Gasteiger partial charge in [0.15, 0.2) is 0 Å². The molecule has 8 heteroatoms. The number of benzene rings is 2. The molecule has 1 saturated heterocycles. The number of para-hydroxylation sites is 1. The van der Waals surface area contributed by atoms with Crippen LogP contribution in [-0.4, -0.2) is 66.2 Å². The molecular weight excluding hydrogens is 446 g/mol. The van der Waals surface area contributed by atoms with Gasteiger partial charge in [0.05, 0.1) is 11.0 Å². The summed E-state index contributed by atoms with van der Waals surface area (Å²) in [5.74, 6) is 1.74. The van der Waals surface area contributed by atoms with Crippen LogP contribution in [0.2, 0.25) is 5.02 Å². The molecule has 0 amide bonds. The van der Waals surface area contributed by atoms with Gasteiger partial charge >= 0.3 is 0 Å². The predicted octanol–water partition coefficient (Wildman–Crippen LogP) is 4.89. The van der Waals surface area contributed by atoms with E-state index in [0.717, 1.165) is 91.4 Å². The molecule has 1 fully saturated rings. The van der Waals surface area contributed by atoms with Crippen LogP contribution in [0.3, 0.4) is 0 Å². The molecule has 34 heavy (non-hydrogen) atoms. The Morgan fingerprint density at radius 1 is 0.853 bits per heavy atom. The number of likely N-dealkylation sites (N-methyl/N-ethyl adjacent to an activating group) is 1. The van der Waals surface area contributed by atoms with Gasteiger partial charge in [-0.05, 0) is 56.3 Å². The maximum Gasteiger partial charge on any atom is 0.227 e. The van der Waals surface area contributed by atoms with Gasteiger partial charge in [-0.25, -0.2) is 4.98 Å². The first-order chi connectivity index (χ1) is 16.7. The maximum atomic E-state index is 6.10. The van der Waals surface area contributed by atoms with Gasteiger partial charge in [-0.1, -0.05) is 23.7 Å². The average Bonchev–Trinajstić information content (AvgIpc) is 2.86. The summed E-state index contributed by atoms with van der Waals surface area (Å²) < 4.78 is 0. The molecule has 7 nitrogen and oxygen atoms in total. The lowest BCUT2D eigenvalue weighted by molar-refractivity contribution is 0.311. The number of unbranched alkanes of at least 4 members (excludes halogenated alkanes) is 1. The molecule has 1 aliphatic heterocycles. The molecule has 176 valence electrons. The lowest BCUT2D eigenvalue weighted by Crippen LogP contribution is -2.45. The van der Waals surface area contributed by atoms with Crippen LogP contribution in [0.5, 0.6) is 0 Å². The van der Waals surface area contributed by atoms with E-state index in [1.165, 1.54) is 0 Å². The minimum absolute atomic E-state index is 0.705. The highest BCUT2D eigenvalue weighted by Crippen LogP contribution is 2.25. The predicted molar refractivity (Wildman–Crippen MR) is 142 cm³/mol. The first-order valence-electron chi connectivity index (χ1n) is 11.9. The van der Waals surface area contributed by atoms with Crippen molar-refractivity contribution in [3.63, 3.8) is 0 Å². The summed E-state index contributed by atoms with van der Waals surface area (Å²) in [6, 6.07) is 16.1. The second-order valence-corrected chi connectivity index (χ2v) is 9.20. The van der Waals surface area contributed by atoms with Crippen molar-refractivity contribution in [2.75, 3.05) is 61.8 Å². The quantitative estimate of drug-likeness (QED) is 0.352. The zero-order chi connectivity index (χ0) is 23.3. The monoisotopic (exact) mass is 475 g/mol. The van der Waals surface area contributed by atoms with Gasteiger partial charge in [-0.3, -0.25) is 4.98 Å². The van der Waals surface area contributed by atoms with Gasteiger partial charge in [0.1, 0.15) is 5.82 Å². The fourth-order valence-electron chi connectivity index (χ4n) is 4.30. The Hall–Kier alpha value is -3.16. The number of rotatable bonds is 8. The third-order valence-corrected chi connectivity index (χ3v) is 6.53. The summed E-state index contributed by atoms with van der Waals surface area (Å²) in [4.78, 5) is 18.8. The number of nitrogens with one attached hydrogen (secondary N) is 2. The summed E-state index contributed by atoms with van der Waals surface area (Å²) >= 11 is 6.10. The molecule has 0 atom stereocenters. The van der Waals surface area contributed by atoms with E-state index in [2.05, 4.69) is 44.6 Å². The SMILES string of the molecule is CN1CCN(c2nc(NCCCCNc3ccnc4cc(Cl)ccc34)c3ccccc3n2)CC1. The first-order valence-corrected chi connectivity index (χ1v) is 12.3. The van der Waals surface area contributed by atoms with Gasteiger partial charge in [-0.15, -0.1) is 0 Å². The minimum Gasteiger partial charge on any atom is -0.384 e. The molecule has 5 rings (SSSR count). The number of hydrogen-bond acceptors (Lipinski definition) is 7. The summed E-state index contributed by atoms with van der Waals surface area (Å²) in [6.45, 7) is 5.72. The van der Waals surface area contributed by atoms with Crippen molar-refractivity contribution in [3.8, 4) is 0 Å². The molecule has 0 bridgehead atoms. The van der Waals surface area contributed by atoms with Crippen LogP contribution >= 0.6 is 11.6 Å².